The molecule has 2 atom stereocenters. The third kappa shape index (κ3) is 6.81. The van der Waals surface area contributed by atoms with Crippen molar-refractivity contribution in [2.24, 2.45) is 0 Å². The molecular formula is C30H27ClN2O2. The number of rotatable bonds is 9. The molecule has 0 aliphatic carbocycles. The van der Waals surface area contributed by atoms with Crippen molar-refractivity contribution in [1.29, 1.82) is 0 Å². The van der Waals surface area contributed by atoms with Crippen LogP contribution in [0.15, 0.2) is 115 Å². The Hall–Kier alpha value is -3.89. The number of para-hydroxylation sites is 1. The Kier molecular flexibility index (Phi) is 8.31. The van der Waals surface area contributed by atoms with Crippen molar-refractivity contribution < 1.29 is 9.59 Å². The number of anilines is 1. The molecule has 35 heavy (non-hydrogen) atoms. The Bertz CT molecular complexity index is 1250. The molecule has 0 aromatic heterocycles. The number of amides is 2. The van der Waals surface area contributed by atoms with E-state index in [9.17, 15) is 9.59 Å². The van der Waals surface area contributed by atoms with Crippen LogP contribution in [0.25, 0.3) is 0 Å². The molecule has 0 aliphatic heterocycles. The zero-order chi connectivity index (χ0) is 24.5. The van der Waals surface area contributed by atoms with Crippen molar-refractivity contribution in [3.63, 3.8) is 0 Å². The van der Waals surface area contributed by atoms with E-state index in [1.807, 2.05) is 91.0 Å². The molecule has 4 rings (SSSR count). The number of hydrogen-bond donors (Lipinski definition) is 2. The van der Waals surface area contributed by atoms with Gasteiger partial charge in [0.05, 0.1) is 0 Å². The molecular weight excluding hydrogens is 456 g/mol. The second-order valence-electron chi connectivity index (χ2n) is 8.33. The normalized spacial score (nSPS) is 12.4. The zero-order valence-corrected chi connectivity index (χ0v) is 20.0. The van der Waals surface area contributed by atoms with Crippen LogP contribution in [0.1, 0.15) is 27.6 Å². The monoisotopic (exact) mass is 482 g/mol. The molecule has 0 radical (unpaired) electrons. The third-order valence-electron chi connectivity index (χ3n) is 5.75. The van der Waals surface area contributed by atoms with Gasteiger partial charge < -0.3 is 10.6 Å². The first kappa shape index (κ1) is 24.2. The topological polar surface area (TPSA) is 58.2 Å². The highest BCUT2D eigenvalue weighted by Gasteiger charge is 2.26. The maximum atomic E-state index is 13.4. The lowest BCUT2D eigenvalue weighted by atomic mass is 10.0. The van der Waals surface area contributed by atoms with E-state index in [4.69, 9.17) is 11.6 Å². The van der Waals surface area contributed by atoms with Crippen LogP contribution in [-0.2, 0) is 22.4 Å². The minimum absolute atomic E-state index is 0.292. The van der Waals surface area contributed by atoms with E-state index in [-0.39, 0.29) is 5.91 Å². The molecule has 0 fully saturated rings. The molecule has 5 heteroatoms. The second-order valence-corrected chi connectivity index (χ2v) is 8.77. The number of hydrogen-bond acceptors (Lipinski definition) is 2. The van der Waals surface area contributed by atoms with E-state index in [0.29, 0.717) is 18.4 Å². The maximum Gasteiger partial charge on any atom is 0.247 e. The summed E-state index contributed by atoms with van der Waals surface area (Å²) in [4.78, 5) is 26.4. The third-order valence-corrected chi connectivity index (χ3v) is 6.20. The van der Waals surface area contributed by atoms with Gasteiger partial charge in [-0.25, -0.2) is 0 Å². The first-order chi connectivity index (χ1) is 17.1. The molecule has 4 aromatic carbocycles. The first-order valence-electron chi connectivity index (χ1n) is 11.6. The van der Waals surface area contributed by atoms with Gasteiger partial charge >= 0.3 is 0 Å². The van der Waals surface area contributed by atoms with Crippen LogP contribution in [0.5, 0.6) is 0 Å². The first-order valence-corrected chi connectivity index (χ1v) is 12.0. The van der Waals surface area contributed by atoms with Gasteiger partial charge in [-0.2, -0.15) is 0 Å². The van der Waals surface area contributed by atoms with Gasteiger partial charge in [0.25, 0.3) is 0 Å². The van der Waals surface area contributed by atoms with Crippen LogP contribution in [0, 0.1) is 0 Å². The summed E-state index contributed by atoms with van der Waals surface area (Å²) in [6.07, 6.45) is 1.03. The number of carbonyl (C=O) groups is 2. The van der Waals surface area contributed by atoms with Gasteiger partial charge in [-0.1, -0.05) is 109 Å². The Balaban J connectivity index is 1.53. The number of carbonyl (C=O) groups excluding carboxylic acids is 2. The van der Waals surface area contributed by atoms with Crippen LogP contribution in [0.3, 0.4) is 0 Å². The standard InChI is InChI=1S/C30H27ClN2O2/c31-28(24-16-8-3-9-17-24)30(35)33-27(21-23-14-6-2-7-15-23)29(34)32-26-19-11-10-18-25(26)20-22-12-4-1-5-13-22/h1-19,27-28H,20-21H2,(H,32,34)(H,33,35). The predicted molar refractivity (Wildman–Crippen MR) is 141 cm³/mol. The number of alkyl halides is 1. The van der Waals surface area contributed by atoms with Gasteiger partial charge in [0.2, 0.25) is 11.8 Å². The Labute approximate surface area is 211 Å². The van der Waals surface area contributed by atoms with Gasteiger partial charge in [-0.3, -0.25) is 9.59 Å². The molecule has 0 spiro atoms. The highest BCUT2D eigenvalue weighted by molar-refractivity contribution is 6.31. The van der Waals surface area contributed by atoms with Crippen LogP contribution in [0.4, 0.5) is 5.69 Å². The van der Waals surface area contributed by atoms with E-state index in [1.54, 1.807) is 12.1 Å². The van der Waals surface area contributed by atoms with Gasteiger partial charge in [-0.15, -0.1) is 11.6 Å². The van der Waals surface area contributed by atoms with E-state index >= 15 is 0 Å². The Morgan fingerprint density at radius 3 is 1.86 bits per heavy atom. The summed E-state index contributed by atoms with van der Waals surface area (Å²) < 4.78 is 0. The minimum atomic E-state index is -0.896. The smallest absolute Gasteiger partial charge is 0.247 e. The van der Waals surface area contributed by atoms with E-state index < -0.39 is 17.3 Å². The lowest BCUT2D eigenvalue weighted by molar-refractivity contribution is -0.126. The number of benzene rings is 4. The van der Waals surface area contributed by atoms with Gasteiger partial charge in [0.1, 0.15) is 11.4 Å². The quantitative estimate of drug-likeness (QED) is 0.291. The molecule has 4 aromatic rings. The lowest BCUT2D eigenvalue weighted by Crippen LogP contribution is -2.46. The molecule has 2 amide bonds. The van der Waals surface area contributed by atoms with Gasteiger partial charge in [-0.05, 0) is 34.7 Å². The number of nitrogens with one attached hydrogen (secondary N) is 2. The highest BCUT2D eigenvalue weighted by atomic mass is 35.5. The summed E-state index contributed by atoms with van der Waals surface area (Å²) in [5.41, 5.74) is 4.49. The van der Waals surface area contributed by atoms with Crippen LogP contribution in [0.2, 0.25) is 0 Å². The van der Waals surface area contributed by atoms with Gasteiger partial charge in [0, 0.05) is 12.1 Å². The Morgan fingerprint density at radius 2 is 1.20 bits per heavy atom. The SMILES string of the molecule is O=C(Nc1ccccc1Cc1ccccc1)C(Cc1ccccc1)NC(=O)C(Cl)c1ccccc1. The fourth-order valence-electron chi connectivity index (χ4n) is 3.91. The molecule has 0 aliphatic rings. The summed E-state index contributed by atoms with van der Waals surface area (Å²) in [7, 11) is 0. The summed E-state index contributed by atoms with van der Waals surface area (Å²) in [6.45, 7) is 0. The van der Waals surface area contributed by atoms with Crippen molar-refractivity contribution in [3.8, 4) is 0 Å². The van der Waals surface area contributed by atoms with E-state index in [1.165, 1.54) is 0 Å². The zero-order valence-electron chi connectivity index (χ0n) is 19.2. The fraction of sp³-hybridized carbons (Fsp3) is 0.133. The largest absolute Gasteiger partial charge is 0.342 e. The Morgan fingerprint density at radius 1 is 0.657 bits per heavy atom. The minimum Gasteiger partial charge on any atom is -0.342 e. The van der Waals surface area contributed by atoms with Crippen molar-refractivity contribution in [1.82, 2.24) is 5.32 Å². The second kappa shape index (κ2) is 12.0. The van der Waals surface area contributed by atoms with E-state index in [0.717, 1.165) is 22.4 Å². The van der Waals surface area contributed by atoms with Crippen LogP contribution in [-0.4, -0.2) is 17.9 Å². The molecule has 176 valence electrons. The number of halogens is 1. The average Bonchev–Trinajstić information content (AvgIpc) is 2.90. The molecule has 0 saturated carbocycles. The van der Waals surface area contributed by atoms with Crippen molar-refractivity contribution in [2.45, 2.75) is 24.3 Å². The molecule has 2 N–H and O–H groups in total. The molecule has 0 heterocycles. The summed E-state index contributed by atoms with van der Waals surface area (Å²) in [5.74, 6) is -0.703. The summed E-state index contributed by atoms with van der Waals surface area (Å²) in [5, 5.41) is 5.01. The van der Waals surface area contributed by atoms with Gasteiger partial charge in [0.15, 0.2) is 0 Å². The maximum absolute atomic E-state index is 13.4. The average molecular weight is 483 g/mol. The van der Waals surface area contributed by atoms with Crippen molar-refractivity contribution in [2.75, 3.05) is 5.32 Å². The molecule has 4 nitrogen and oxygen atoms in total. The van der Waals surface area contributed by atoms with Crippen LogP contribution >= 0.6 is 11.6 Å². The van der Waals surface area contributed by atoms with Crippen LogP contribution < -0.4 is 10.6 Å². The molecule has 0 saturated heterocycles. The highest BCUT2D eigenvalue weighted by Crippen LogP contribution is 2.22. The molecule has 2 unspecified atom stereocenters. The van der Waals surface area contributed by atoms with E-state index in [2.05, 4.69) is 22.8 Å². The summed E-state index contributed by atoms with van der Waals surface area (Å²) >= 11 is 6.44. The van der Waals surface area contributed by atoms with Crippen molar-refractivity contribution >= 4 is 29.1 Å². The predicted octanol–water partition coefficient (Wildman–Crippen LogP) is 5.92. The molecule has 0 bridgehead atoms. The van der Waals surface area contributed by atoms with Crippen molar-refractivity contribution in [3.05, 3.63) is 138 Å². The summed E-state index contributed by atoms with van der Waals surface area (Å²) in [6, 6.07) is 35.7. The fourth-order valence-corrected chi connectivity index (χ4v) is 4.12. The lowest BCUT2D eigenvalue weighted by Gasteiger charge is -2.21.